The van der Waals surface area contributed by atoms with Gasteiger partial charge in [0.1, 0.15) is 6.04 Å². The highest BCUT2D eigenvalue weighted by atomic mass is 16.2. The average Bonchev–Trinajstić information content (AvgIpc) is 2.97. The lowest BCUT2D eigenvalue weighted by molar-refractivity contribution is -0.136. The lowest BCUT2D eigenvalue weighted by Gasteiger charge is -2.30. The maximum atomic E-state index is 12.9. The predicted octanol–water partition coefficient (Wildman–Crippen LogP) is 0.678. The number of carbonyl (C=O) groups excluding carboxylic acids is 3. The van der Waals surface area contributed by atoms with Gasteiger partial charge in [-0.05, 0) is 49.9 Å². The van der Waals surface area contributed by atoms with Crippen molar-refractivity contribution in [2.24, 2.45) is 0 Å². The number of imide groups is 1. The van der Waals surface area contributed by atoms with Gasteiger partial charge in [-0.15, -0.1) is 0 Å². The van der Waals surface area contributed by atoms with Crippen molar-refractivity contribution in [2.45, 2.75) is 63.8 Å². The van der Waals surface area contributed by atoms with E-state index in [1.165, 1.54) is 6.42 Å². The minimum Gasteiger partial charge on any atom is -0.322 e. The summed E-state index contributed by atoms with van der Waals surface area (Å²) in [5.74, 6) is -0.748. The first-order chi connectivity index (χ1) is 13.0. The fraction of sp³-hybridized carbons (Fsp3) is 0.550. The molecule has 144 valence electrons. The van der Waals surface area contributed by atoms with Gasteiger partial charge in [-0.1, -0.05) is 12.1 Å². The standard InChI is InChI=1S/C20H26N4O3/c1-12-16(3-2-8-21-12)22-10-13-4-5-14-11-24(20(27)15(14)9-13)17-6-7-18(25)23-19(17)26/h4-5,9,12,16-17,21-22H,2-3,6-8,10-11H2,1H3,(H,23,25,26). The summed E-state index contributed by atoms with van der Waals surface area (Å²) >= 11 is 0. The Kier molecular flexibility index (Phi) is 4.97. The number of hydrogen-bond acceptors (Lipinski definition) is 5. The first-order valence-corrected chi connectivity index (χ1v) is 9.76. The quantitative estimate of drug-likeness (QED) is 0.678. The lowest BCUT2D eigenvalue weighted by Crippen LogP contribution is -2.52. The molecule has 27 heavy (non-hydrogen) atoms. The van der Waals surface area contributed by atoms with Crippen LogP contribution in [0, 0.1) is 0 Å². The number of rotatable bonds is 4. The van der Waals surface area contributed by atoms with Gasteiger partial charge in [0.05, 0.1) is 0 Å². The molecule has 3 unspecified atom stereocenters. The molecule has 0 saturated carbocycles. The molecule has 4 rings (SSSR count). The molecule has 0 spiro atoms. The molecule has 3 atom stereocenters. The number of piperidine rings is 2. The van der Waals surface area contributed by atoms with Crippen LogP contribution in [0.25, 0.3) is 0 Å². The molecule has 1 aromatic rings. The molecule has 0 radical (unpaired) electrons. The van der Waals surface area contributed by atoms with Crippen LogP contribution in [-0.2, 0) is 22.7 Å². The van der Waals surface area contributed by atoms with Gasteiger partial charge in [0.2, 0.25) is 11.8 Å². The number of nitrogens with zero attached hydrogens (tertiary/aromatic N) is 1. The van der Waals surface area contributed by atoms with E-state index < -0.39 is 6.04 Å². The molecular formula is C20H26N4O3. The first-order valence-electron chi connectivity index (χ1n) is 9.76. The van der Waals surface area contributed by atoms with Crippen LogP contribution in [0.3, 0.4) is 0 Å². The van der Waals surface area contributed by atoms with Crippen LogP contribution in [-0.4, -0.2) is 47.3 Å². The molecule has 7 nitrogen and oxygen atoms in total. The van der Waals surface area contributed by atoms with Gasteiger partial charge in [0.25, 0.3) is 5.91 Å². The Morgan fingerprint density at radius 2 is 2.07 bits per heavy atom. The Balaban J connectivity index is 1.43. The summed E-state index contributed by atoms with van der Waals surface area (Å²) in [5.41, 5.74) is 2.69. The number of amides is 3. The number of carbonyl (C=O) groups is 3. The van der Waals surface area contributed by atoms with Gasteiger partial charge in [-0.25, -0.2) is 0 Å². The molecule has 1 aromatic carbocycles. The van der Waals surface area contributed by atoms with Crippen LogP contribution in [0.2, 0.25) is 0 Å². The van der Waals surface area contributed by atoms with Gasteiger partial charge in [-0.3, -0.25) is 19.7 Å². The maximum absolute atomic E-state index is 12.9. The molecule has 0 aliphatic carbocycles. The Labute approximate surface area is 158 Å². The Morgan fingerprint density at radius 1 is 1.22 bits per heavy atom. The van der Waals surface area contributed by atoms with Crippen LogP contribution < -0.4 is 16.0 Å². The molecule has 2 saturated heterocycles. The van der Waals surface area contributed by atoms with Crippen molar-refractivity contribution in [3.05, 3.63) is 34.9 Å². The Morgan fingerprint density at radius 3 is 2.85 bits per heavy atom. The normalized spacial score (nSPS) is 28.3. The summed E-state index contributed by atoms with van der Waals surface area (Å²) in [5, 5.41) is 9.41. The van der Waals surface area contributed by atoms with Crippen LogP contribution in [0.4, 0.5) is 0 Å². The second kappa shape index (κ2) is 7.40. The highest BCUT2D eigenvalue weighted by molar-refractivity contribution is 6.05. The Bertz CT molecular complexity index is 778. The molecule has 3 aliphatic heterocycles. The second-order valence-corrected chi connectivity index (χ2v) is 7.76. The largest absolute Gasteiger partial charge is 0.322 e. The molecule has 0 bridgehead atoms. The van der Waals surface area contributed by atoms with E-state index in [0.717, 1.165) is 30.6 Å². The summed E-state index contributed by atoms with van der Waals surface area (Å²) in [6, 6.07) is 6.29. The zero-order valence-electron chi connectivity index (χ0n) is 15.6. The van der Waals surface area contributed by atoms with E-state index in [1.807, 2.05) is 18.2 Å². The topological polar surface area (TPSA) is 90.5 Å². The van der Waals surface area contributed by atoms with E-state index in [-0.39, 0.29) is 24.1 Å². The number of nitrogens with one attached hydrogen (secondary N) is 3. The summed E-state index contributed by atoms with van der Waals surface area (Å²) in [4.78, 5) is 37.9. The fourth-order valence-electron chi connectivity index (χ4n) is 4.28. The molecule has 3 aliphatic rings. The van der Waals surface area contributed by atoms with Crippen molar-refractivity contribution in [1.29, 1.82) is 0 Å². The maximum Gasteiger partial charge on any atom is 0.255 e. The minimum absolute atomic E-state index is 0.117. The zero-order valence-corrected chi connectivity index (χ0v) is 15.6. The van der Waals surface area contributed by atoms with Gasteiger partial charge >= 0.3 is 0 Å². The number of hydrogen-bond donors (Lipinski definition) is 3. The van der Waals surface area contributed by atoms with E-state index in [0.29, 0.717) is 30.6 Å². The van der Waals surface area contributed by atoms with Gasteiger partial charge in [0, 0.05) is 37.2 Å². The summed E-state index contributed by atoms with van der Waals surface area (Å²) in [6.07, 6.45) is 3.00. The minimum atomic E-state index is -0.557. The van der Waals surface area contributed by atoms with Crippen molar-refractivity contribution in [3.63, 3.8) is 0 Å². The van der Waals surface area contributed by atoms with Crippen LogP contribution in [0.15, 0.2) is 18.2 Å². The van der Waals surface area contributed by atoms with Crippen LogP contribution in [0.1, 0.15) is 54.1 Å². The van der Waals surface area contributed by atoms with Gasteiger partial charge < -0.3 is 15.5 Å². The third-order valence-electron chi connectivity index (χ3n) is 5.92. The molecular weight excluding hydrogens is 344 g/mol. The van der Waals surface area contributed by atoms with Gasteiger partial charge in [-0.2, -0.15) is 0 Å². The van der Waals surface area contributed by atoms with Crippen molar-refractivity contribution in [2.75, 3.05) is 6.54 Å². The number of fused-ring (bicyclic) bond motifs is 1. The van der Waals surface area contributed by atoms with E-state index in [4.69, 9.17) is 0 Å². The first kappa shape index (κ1) is 18.1. The molecule has 0 aromatic heterocycles. The second-order valence-electron chi connectivity index (χ2n) is 7.76. The van der Waals surface area contributed by atoms with E-state index in [1.54, 1.807) is 4.90 Å². The highest BCUT2D eigenvalue weighted by Crippen LogP contribution is 2.28. The lowest BCUT2D eigenvalue weighted by atomic mass is 9.99. The third-order valence-corrected chi connectivity index (χ3v) is 5.92. The molecule has 3 N–H and O–H groups in total. The molecule has 7 heteroatoms. The van der Waals surface area contributed by atoms with Crippen LogP contribution >= 0.6 is 0 Å². The van der Waals surface area contributed by atoms with E-state index in [9.17, 15) is 14.4 Å². The molecule has 3 amide bonds. The summed E-state index contributed by atoms with van der Waals surface area (Å²) in [6.45, 7) is 4.41. The van der Waals surface area contributed by atoms with Gasteiger partial charge in [0.15, 0.2) is 0 Å². The van der Waals surface area contributed by atoms with E-state index in [2.05, 4.69) is 22.9 Å². The van der Waals surface area contributed by atoms with Crippen molar-refractivity contribution in [1.82, 2.24) is 20.9 Å². The Hall–Kier alpha value is -2.25. The monoisotopic (exact) mass is 370 g/mol. The summed E-state index contributed by atoms with van der Waals surface area (Å²) < 4.78 is 0. The van der Waals surface area contributed by atoms with Crippen molar-refractivity contribution in [3.8, 4) is 0 Å². The number of benzene rings is 1. The fourth-order valence-corrected chi connectivity index (χ4v) is 4.28. The average molecular weight is 370 g/mol. The SMILES string of the molecule is CC1NCCCC1NCc1ccc2c(c1)C(=O)N(C1CCC(=O)NC1=O)C2. The van der Waals surface area contributed by atoms with Crippen molar-refractivity contribution < 1.29 is 14.4 Å². The third kappa shape index (κ3) is 3.61. The molecule has 3 heterocycles. The molecule has 2 fully saturated rings. The predicted molar refractivity (Wildman–Crippen MR) is 99.8 cm³/mol. The van der Waals surface area contributed by atoms with Crippen LogP contribution in [0.5, 0.6) is 0 Å². The van der Waals surface area contributed by atoms with E-state index >= 15 is 0 Å². The highest BCUT2D eigenvalue weighted by Gasteiger charge is 2.39. The van der Waals surface area contributed by atoms with Crippen molar-refractivity contribution >= 4 is 17.7 Å². The summed E-state index contributed by atoms with van der Waals surface area (Å²) in [7, 11) is 0. The smallest absolute Gasteiger partial charge is 0.255 e. The zero-order chi connectivity index (χ0) is 19.0.